The molecule has 1 N–H and O–H groups in total. The van der Waals surface area contributed by atoms with Gasteiger partial charge in [-0.15, -0.1) is 0 Å². The molecule has 1 aromatic carbocycles. The van der Waals surface area contributed by atoms with Crippen LogP contribution in [-0.4, -0.2) is 28.5 Å². The average Bonchev–Trinajstić information content (AvgIpc) is 2.38. The Kier molecular flexibility index (Phi) is 4.99. The molecule has 7 nitrogen and oxygen atoms in total. The Bertz CT molecular complexity index is 501. The Morgan fingerprint density at radius 3 is 2.63 bits per heavy atom. The number of hydrogen-bond donors (Lipinski definition) is 1. The molecule has 0 bridgehead atoms. The molecule has 0 saturated carbocycles. The highest BCUT2D eigenvalue weighted by Gasteiger charge is 2.17. The van der Waals surface area contributed by atoms with Gasteiger partial charge in [-0.25, -0.2) is 0 Å². The van der Waals surface area contributed by atoms with E-state index >= 15 is 0 Å². The monoisotopic (exact) mass is 266 g/mol. The summed E-state index contributed by atoms with van der Waals surface area (Å²) in [5, 5.41) is 19.3. The molecule has 0 aliphatic carbocycles. The molecule has 0 spiro atoms. The van der Waals surface area contributed by atoms with Crippen LogP contribution in [0.3, 0.4) is 0 Å². The van der Waals surface area contributed by atoms with Crippen LogP contribution >= 0.6 is 0 Å². The van der Waals surface area contributed by atoms with Gasteiger partial charge in [-0.05, 0) is 6.07 Å². The molecule has 1 rings (SSSR count). The molecule has 0 heterocycles. The summed E-state index contributed by atoms with van der Waals surface area (Å²) < 4.78 is 0. The first-order chi connectivity index (χ1) is 8.95. The highest BCUT2D eigenvalue weighted by atomic mass is 16.6. The van der Waals surface area contributed by atoms with Gasteiger partial charge in [-0.3, -0.25) is 19.7 Å². The lowest BCUT2D eigenvalue weighted by Gasteiger charge is -2.21. The molecule has 0 aliphatic rings. The normalized spacial score (nSPS) is 9.95. The minimum Gasteiger partial charge on any atom is -0.481 e. The number of nitrogens with zero attached hydrogens (tertiary/aromatic N) is 2. The van der Waals surface area contributed by atoms with E-state index in [2.05, 4.69) is 0 Å². The second kappa shape index (κ2) is 6.48. The molecule has 0 radical (unpaired) electrons. The molecule has 102 valence electrons. The van der Waals surface area contributed by atoms with Gasteiger partial charge >= 0.3 is 5.97 Å². The van der Waals surface area contributed by atoms with E-state index < -0.39 is 10.9 Å². The maximum Gasteiger partial charge on any atom is 0.305 e. The zero-order valence-corrected chi connectivity index (χ0v) is 10.4. The van der Waals surface area contributed by atoms with E-state index in [4.69, 9.17) is 5.11 Å². The number of carboxylic acid groups (broad SMARTS) is 1. The van der Waals surface area contributed by atoms with Crippen LogP contribution in [0.1, 0.15) is 19.8 Å². The van der Waals surface area contributed by atoms with Crippen molar-refractivity contribution >= 4 is 23.3 Å². The average molecular weight is 266 g/mol. The van der Waals surface area contributed by atoms with E-state index in [1.165, 1.54) is 23.1 Å². The van der Waals surface area contributed by atoms with E-state index in [0.29, 0.717) is 5.69 Å². The van der Waals surface area contributed by atoms with Gasteiger partial charge in [0.25, 0.3) is 5.69 Å². The van der Waals surface area contributed by atoms with Crippen LogP contribution in [0.2, 0.25) is 0 Å². The van der Waals surface area contributed by atoms with Crippen molar-refractivity contribution in [2.24, 2.45) is 0 Å². The SMILES string of the molecule is CCC(=O)N(CCC(=O)O)c1cccc([N+](=O)[O-])c1. The second-order valence-corrected chi connectivity index (χ2v) is 3.82. The number of hydrogen-bond acceptors (Lipinski definition) is 4. The third-order valence-corrected chi connectivity index (χ3v) is 2.51. The van der Waals surface area contributed by atoms with Crippen molar-refractivity contribution in [2.75, 3.05) is 11.4 Å². The minimum absolute atomic E-state index is 0.0107. The molecular formula is C12H14N2O5. The van der Waals surface area contributed by atoms with Crippen molar-refractivity contribution in [3.63, 3.8) is 0 Å². The van der Waals surface area contributed by atoms with Gasteiger partial charge in [0.1, 0.15) is 0 Å². The Hall–Kier alpha value is -2.44. The number of aliphatic carboxylic acids is 1. The predicted octanol–water partition coefficient (Wildman–Crippen LogP) is 1.81. The lowest BCUT2D eigenvalue weighted by atomic mass is 10.2. The lowest BCUT2D eigenvalue weighted by molar-refractivity contribution is -0.384. The summed E-state index contributed by atoms with van der Waals surface area (Å²) in [4.78, 5) is 33.7. The maximum absolute atomic E-state index is 11.8. The Balaban J connectivity index is 3.02. The summed E-state index contributed by atoms with van der Waals surface area (Å²) in [6, 6.07) is 5.58. The number of nitro benzene ring substituents is 1. The number of non-ortho nitro benzene ring substituents is 1. The quantitative estimate of drug-likeness (QED) is 0.625. The third-order valence-electron chi connectivity index (χ3n) is 2.51. The number of anilines is 1. The van der Waals surface area contributed by atoms with Gasteiger partial charge in [0.15, 0.2) is 0 Å². The first-order valence-corrected chi connectivity index (χ1v) is 5.72. The number of rotatable bonds is 6. The highest BCUT2D eigenvalue weighted by Crippen LogP contribution is 2.22. The third kappa shape index (κ3) is 4.06. The summed E-state index contributed by atoms with van der Waals surface area (Å²) >= 11 is 0. The standard InChI is InChI=1S/C12H14N2O5/c1-2-11(15)13(7-6-12(16)17)9-4-3-5-10(8-9)14(18)19/h3-5,8H,2,6-7H2,1H3,(H,16,17). The van der Waals surface area contributed by atoms with E-state index in [9.17, 15) is 19.7 Å². The fraction of sp³-hybridized carbons (Fsp3) is 0.333. The van der Waals surface area contributed by atoms with Gasteiger partial charge in [-0.2, -0.15) is 0 Å². The first-order valence-electron chi connectivity index (χ1n) is 5.72. The minimum atomic E-state index is -1.03. The van der Waals surface area contributed by atoms with Crippen molar-refractivity contribution in [2.45, 2.75) is 19.8 Å². The van der Waals surface area contributed by atoms with Crippen LogP contribution in [0.5, 0.6) is 0 Å². The van der Waals surface area contributed by atoms with E-state index in [-0.39, 0.29) is 31.0 Å². The Morgan fingerprint density at radius 1 is 1.42 bits per heavy atom. The highest BCUT2D eigenvalue weighted by molar-refractivity contribution is 5.93. The summed E-state index contributed by atoms with van der Waals surface area (Å²) in [6.07, 6.45) is -0.0171. The van der Waals surface area contributed by atoms with Gasteiger partial charge in [0.05, 0.1) is 17.0 Å². The van der Waals surface area contributed by atoms with Crippen molar-refractivity contribution in [1.29, 1.82) is 0 Å². The number of carboxylic acids is 1. The molecule has 0 unspecified atom stereocenters. The molecule has 7 heteroatoms. The van der Waals surface area contributed by atoms with Gasteiger partial charge in [-0.1, -0.05) is 13.0 Å². The summed E-state index contributed by atoms with van der Waals surface area (Å²) in [7, 11) is 0. The molecule has 0 atom stereocenters. The number of amides is 1. The number of nitro groups is 1. The van der Waals surface area contributed by atoms with Crippen LogP contribution in [0, 0.1) is 10.1 Å². The number of carbonyl (C=O) groups excluding carboxylic acids is 1. The zero-order chi connectivity index (χ0) is 14.4. The van der Waals surface area contributed by atoms with E-state index in [1.54, 1.807) is 13.0 Å². The topological polar surface area (TPSA) is 101 Å². The van der Waals surface area contributed by atoms with Crippen molar-refractivity contribution in [3.05, 3.63) is 34.4 Å². The van der Waals surface area contributed by atoms with Crippen LogP contribution in [-0.2, 0) is 9.59 Å². The van der Waals surface area contributed by atoms with Gasteiger partial charge in [0, 0.05) is 25.1 Å². The fourth-order valence-corrected chi connectivity index (χ4v) is 1.57. The first kappa shape index (κ1) is 14.6. The number of benzene rings is 1. The molecule has 19 heavy (non-hydrogen) atoms. The molecule has 0 aromatic heterocycles. The van der Waals surface area contributed by atoms with Crippen LogP contribution in [0.4, 0.5) is 11.4 Å². The second-order valence-electron chi connectivity index (χ2n) is 3.82. The molecule has 0 saturated heterocycles. The van der Waals surface area contributed by atoms with Gasteiger partial charge in [0.2, 0.25) is 5.91 Å². The predicted molar refractivity (Wildman–Crippen MR) is 68.0 cm³/mol. The molecule has 1 aromatic rings. The molecule has 0 aliphatic heterocycles. The van der Waals surface area contributed by atoms with Crippen LogP contribution in [0.15, 0.2) is 24.3 Å². The van der Waals surface area contributed by atoms with Crippen molar-refractivity contribution in [1.82, 2.24) is 0 Å². The summed E-state index contributed by atoms with van der Waals surface area (Å²) in [5.74, 6) is -1.30. The Morgan fingerprint density at radius 2 is 2.11 bits per heavy atom. The maximum atomic E-state index is 11.8. The molecular weight excluding hydrogens is 252 g/mol. The van der Waals surface area contributed by atoms with E-state index in [0.717, 1.165) is 0 Å². The number of carbonyl (C=O) groups is 2. The zero-order valence-electron chi connectivity index (χ0n) is 10.4. The van der Waals surface area contributed by atoms with Gasteiger partial charge < -0.3 is 10.0 Å². The van der Waals surface area contributed by atoms with Crippen molar-refractivity contribution in [3.8, 4) is 0 Å². The van der Waals surface area contributed by atoms with E-state index in [1.807, 2.05) is 0 Å². The largest absolute Gasteiger partial charge is 0.481 e. The Labute approximate surface area is 109 Å². The summed E-state index contributed by atoms with van der Waals surface area (Å²) in [6.45, 7) is 1.64. The van der Waals surface area contributed by atoms with Crippen LogP contribution < -0.4 is 4.90 Å². The summed E-state index contributed by atoms with van der Waals surface area (Å²) in [5.41, 5.74) is 0.198. The van der Waals surface area contributed by atoms with Crippen LogP contribution in [0.25, 0.3) is 0 Å². The molecule has 0 fully saturated rings. The van der Waals surface area contributed by atoms with Crippen molar-refractivity contribution < 1.29 is 19.6 Å². The smallest absolute Gasteiger partial charge is 0.305 e. The molecule has 1 amide bonds. The fourth-order valence-electron chi connectivity index (χ4n) is 1.57. The lowest BCUT2D eigenvalue weighted by Crippen LogP contribution is -2.32.